The Bertz CT molecular complexity index is 321. The molecule has 0 saturated carbocycles. The lowest BCUT2D eigenvalue weighted by molar-refractivity contribution is 0.374. The molecule has 0 amide bonds. The second-order valence-electron chi connectivity index (χ2n) is 2.88. The molecule has 1 aliphatic heterocycles. The lowest BCUT2D eigenvalue weighted by Gasteiger charge is -2.27. The van der Waals surface area contributed by atoms with Gasteiger partial charge < -0.3 is 5.32 Å². The number of rotatable bonds is 1. The summed E-state index contributed by atoms with van der Waals surface area (Å²) in [5.74, 6) is 2.64. The number of nitrogens with zero attached hydrogens (tertiary/aromatic N) is 1. The molecule has 1 saturated heterocycles. The van der Waals surface area contributed by atoms with Gasteiger partial charge in [0.15, 0.2) is 0 Å². The largest absolute Gasteiger partial charge is 0.308 e. The highest BCUT2D eigenvalue weighted by Crippen LogP contribution is 2.22. The predicted octanol–water partition coefficient (Wildman–Crippen LogP) is 1.10. The molecule has 1 aromatic heterocycles. The summed E-state index contributed by atoms with van der Waals surface area (Å²) in [6, 6.07) is 4.19. The first kappa shape index (κ1) is 7.33. The van der Waals surface area contributed by atoms with Crippen molar-refractivity contribution in [3.63, 3.8) is 0 Å². The van der Waals surface area contributed by atoms with E-state index in [0.717, 1.165) is 24.2 Å². The smallest absolute Gasteiger partial charge is 0.0729 e. The van der Waals surface area contributed by atoms with E-state index in [1.54, 1.807) is 6.20 Å². The third-order valence-electron chi connectivity index (χ3n) is 2.15. The van der Waals surface area contributed by atoms with Crippen LogP contribution < -0.4 is 5.32 Å². The second-order valence-corrected chi connectivity index (χ2v) is 2.88. The number of pyridine rings is 1. The zero-order valence-electron chi connectivity index (χ0n) is 6.75. The van der Waals surface area contributed by atoms with Gasteiger partial charge in [0.1, 0.15) is 0 Å². The molecule has 1 aliphatic rings. The van der Waals surface area contributed by atoms with Gasteiger partial charge in [0, 0.05) is 11.8 Å². The molecule has 0 unspecified atom stereocenters. The van der Waals surface area contributed by atoms with E-state index in [1.165, 1.54) is 0 Å². The third kappa shape index (κ3) is 1.09. The Morgan fingerprint density at radius 1 is 1.67 bits per heavy atom. The van der Waals surface area contributed by atoms with Crippen LogP contribution in [0.15, 0.2) is 18.3 Å². The number of aromatic nitrogens is 1. The highest BCUT2D eigenvalue weighted by atomic mass is 15.0. The van der Waals surface area contributed by atoms with E-state index in [2.05, 4.69) is 16.2 Å². The summed E-state index contributed by atoms with van der Waals surface area (Å²) in [7, 11) is 0. The molecule has 2 rings (SSSR count). The van der Waals surface area contributed by atoms with Crippen LogP contribution in [0, 0.1) is 12.3 Å². The lowest BCUT2D eigenvalue weighted by atomic mass is 9.99. The van der Waals surface area contributed by atoms with Gasteiger partial charge in [-0.3, -0.25) is 4.98 Å². The number of nitrogens with one attached hydrogen (secondary N) is 1. The van der Waals surface area contributed by atoms with E-state index in [9.17, 15) is 0 Å². The van der Waals surface area contributed by atoms with Gasteiger partial charge >= 0.3 is 0 Å². The normalized spacial score (nSPS) is 21.1. The highest BCUT2D eigenvalue weighted by molar-refractivity contribution is 5.37. The Morgan fingerprint density at radius 3 is 3.08 bits per heavy atom. The molecular weight excluding hydrogens is 148 g/mol. The van der Waals surface area contributed by atoms with Crippen LogP contribution in [0.1, 0.15) is 23.7 Å². The van der Waals surface area contributed by atoms with Crippen LogP contribution in [0.5, 0.6) is 0 Å². The lowest BCUT2D eigenvalue weighted by Crippen LogP contribution is -2.36. The highest BCUT2D eigenvalue weighted by Gasteiger charge is 2.21. The molecule has 1 atom stereocenters. The summed E-state index contributed by atoms with van der Waals surface area (Å²) in [5.41, 5.74) is 1.93. The molecule has 1 aromatic rings. The van der Waals surface area contributed by atoms with Crippen molar-refractivity contribution in [2.75, 3.05) is 6.54 Å². The summed E-state index contributed by atoms with van der Waals surface area (Å²) in [5, 5.41) is 3.28. The quantitative estimate of drug-likeness (QED) is 0.619. The fourth-order valence-corrected chi connectivity index (χ4v) is 1.34. The molecule has 12 heavy (non-hydrogen) atoms. The molecule has 0 aliphatic carbocycles. The zero-order chi connectivity index (χ0) is 8.39. The summed E-state index contributed by atoms with van der Waals surface area (Å²) in [6.45, 7) is 1.07. The van der Waals surface area contributed by atoms with Crippen molar-refractivity contribution >= 4 is 0 Å². The molecule has 1 fully saturated rings. The molecule has 2 nitrogen and oxygen atoms in total. The molecule has 60 valence electrons. The molecule has 2 heterocycles. The maximum absolute atomic E-state index is 5.35. The molecule has 0 aromatic carbocycles. The van der Waals surface area contributed by atoms with Crippen LogP contribution in [0.4, 0.5) is 0 Å². The molecule has 1 N–H and O–H groups in total. The van der Waals surface area contributed by atoms with Crippen LogP contribution in [-0.4, -0.2) is 11.5 Å². The van der Waals surface area contributed by atoms with Gasteiger partial charge in [-0.15, -0.1) is 6.42 Å². The van der Waals surface area contributed by atoms with Crippen molar-refractivity contribution in [1.82, 2.24) is 10.3 Å². The molecule has 0 radical (unpaired) electrons. The fourth-order valence-electron chi connectivity index (χ4n) is 1.34. The van der Waals surface area contributed by atoms with Crippen molar-refractivity contribution in [3.8, 4) is 12.3 Å². The third-order valence-corrected chi connectivity index (χ3v) is 2.15. The molecule has 0 bridgehead atoms. The fraction of sp³-hybridized carbons (Fsp3) is 0.300. The van der Waals surface area contributed by atoms with Gasteiger partial charge in [-0.1, -0.05) is 5.92 Å². The van der Waals surface area contributed by atoms with E-state index in [4.69, 9.17) is 6.42 Å². The van der Waals surface area contributed by atoms with Crippen molar-refractivity contribution in [2.45, 2.75) is 12.5 Å². The van der Waals surface area contributed by atoms with Crippen LogP contribution >= 0.6 is 0 Å². The monoisotopic (exact) mass is 158 g/mol. The Morgan fingerprint density at radius 2 is 2.50 bits per heavy atom. The van der Waals surface area contributed by atoms with E-state index in [1.807, 2.05) is 12.1 Å². The van der Waals surface area contributed by atoms with Gasteiger partial charge in [0.05, 0.1) is 11.7 Å². The van der Waals surface area contributed by atoms with E-state index < -0.39 is 0 Å². The predicted molar refractivity (Wildman–Crippen MR) is 47.5 cm³/mol. The maximum Gasteiger partial charge on any atom is 0.0729 e. The second kappa shape index (κ2) is 2.96. The standard InChI is InChI=1S/C10H10N2/c1-2-8-4-3-6-12-10(8)9-5-7-11-9/h1,3-4,6,9,11H,5,7H2/t9-/m0/s1. The minimum Gasteiger partial charge on any atom is -0.308 e. The first-order chi connectivity index (χ1) is 5.92. The number of hydrogen-bond donors (Lipinski definition) is 1. The Kier molecular flexibility index (Phi) is 1.81. The summed E-state index contributed by atoms with van der Waals surface area (Å²) >= 11 is 0. The summed E-state index contributed by atoms with van der Waals surface area (Å²) in [6.07, 6.45) is 8.28. The maximum atomic E-state index is 5.35. The number of terminal acetylenes is 1. The average molecular weight is 158 g/mol. The summed E-state index contributed by atoms with van der Waals surface area (Å²) < 4.78 is 0. The van der Waals surface area contributed by atoms with Gasteiger partial charge in [-0.2, -0.15) is 0 Å². The average Bonchev–Trinajstić information content (AvgIpc) is 2.02. The van der Waals surface area contributed by atoms with Crippen molar-refractivity contribution in [3.05, 3.63) is 29.6 Å². The minimum atomic E-state index is 0.386. The van der Waals surface area contributed by atoms with E-state index in [0.29, 0.717) is 6.04 Å². The Hall–Kier alpha value is -1.33. The molecule has 0 spiro atoms. The first-order valence-corrected chi connectivity index (χ1v) is 4.06. The van der Waals surface area contributed by atoms with Crippen molar-refractivity contribution in [2.24, 2.45) is 0 Å². The molecule has 2 heteroatoms. The van der Waals surface area contributed by atoms with E-state index >= 15 is 0 Å². The van der Waals surface area contributed by atoms with Gasteiger partial charge in [-0.05, 0) is 25.1 Å². The van der Waals surface area contributed by atoms with Crippen LogP contribution in [0.3, 0.4) is 0 Å². The Balaban J connectivity index is 2.35. The first-order valence-electron chi connectivity index (χ1n) is 4.06. The van der Waals surface area contributed by atoms with Crippen molar-refractivity contribution in [1.29, 1.82) is 0 Å². The number of hydrogen-bond acceptors (Lipinski definition) is 2. The van der Waals surface area contributed by atoms with Gasteiger partial charge in [0.2, 0.25) is 0 Å². The van der Waals surface area contributed by atoms with Crippen LogP contribution in [0.25, 0.3) is 0 Å². The van der Waals surface area contributed by atoms with Crippen LogP contribution in [-0.2, 0) is 0 Å². The summed E-state index contributed by atoms with van der Waals surface area (Å²) in [4.78, 5) is 4.27. The van der Waals surface area contributed by atoms with E-state index in [-0.39, 0.29) is 0 Å². The SMILES string of the molecule is C#Cc1cccnc1[C@@H]1CCN1. The van der Waals surface area contributed by atoms with Crippen LogP contribution in [0.2, 0.25) is 0 Å². The van der Waals surface area contributed by atoms with Gasteiger partial charge in [0.25, 0.3) is 0 Å². The molecular formula is C10H10N2. The van der Waals surface area contributed by atoms with Crippen molar-refractivity contribution < 1.29 is 0 Å². The topological polar surface area (TPSA) is 24.9 Å². The zero-order valence-corrected chi connectivity index (χ0v) is 6.75. The Labute approximate surface area is 72.0 Å². The minimum absolute atomic E-state index is 0.386. The van der Waals surface area contributed by atoms with Gasteiger partial charge in [-0.25, -0.2) is 0 Å².